The van der Waals surface area contributed by atoms with Gasteiger partial charge in [-0.1, -0.05) is 48.0 Å². The van der Waals surface area contributed by atoms with Crippen molar-refractivity contribution in [2.45, 2.75) is 39.0 Å². The lowest BCUT2D eigenvalue weighted by Crippen LogP contribution is -2.49. The first-order valence-electron chi connectivity index (χ1n) is 12.5. The van der Waals surface area contributed by atoms with Crippen LogP contribution in [0.25, 0.3) is 11.1 Å². The lowest BCUT2D eigenvalue weighted by molar-refractivity contribution is -0.0457. The smallest absolute Gasteiger partial charge is 0.200 e. The van der Waals surface area contributed by atoms with Crippen molar-refractivity contribution in [3.63, 3.8) is 0 Å². The van der Waals surface area contributed by atoms with Crippen LogP contribution in [0.3, 0.4) is 0 Å². The van der Waals surface area contributed by atoms with Crippen molar-refractivity contribution in [2.75, 3.05) is 7.11 Å². The zero-order chi connectivity index (χ0) is 22.5. The van der Waals surface area contributed by atoms with E-state index in [4.69, 9.17) is 9.73 Å². The standard InChI is InChI=1S/C30H32NO2/c1-18-11-12-26(32)30(28(18)29-21-14-19-13-20(16-21)17-22(29)15-19)31-25-9-5-3-7-23(25)24-8-4-6-10-27(24)33-2/h3-12,19-22,28-29H,13-17H2,1-2H3. The second-order valence-electron chi connectivity index (χ2n) is 10.6. The Kier molecular flexibility index (Phi) is 5.16. The zero-order valence-corrected chi connectivity index (χ0v) is 19.5. The van der Waals surface area contributed by atoms with Gasteiger partial charge in [0, 0.05) is 17.0 Å². The third-order valence-corrected chi connectivity index (χ3v) is 8.76. The number of rotatable bonds is 4. The largest absolute Gasteiger partial charge is 0.496 e. The highest BCUT2D eigenvalue weighted by atomic mass is 16.5. The summed E-state index contributed by atoms with van der Waals surface area (Å²) in [5, 5.41) is 13.3. The molecule has 1 atom stereocenters. The van der Waals surface area contributed by atoms with E-state index in [1.165, 1.54) is 37.7 Å². The summed E-state index contributed by atoms with van der Waals surface area (Å²) >= 11 is 0. The van der Waals surface area contributed by atoms with E-state index in [0.29, 0.717) is 5.92 Å². The Bertz CT molecular complexity index is 1130. The molecule has 4 bridgehead atoms. The summed E-state index contributed by atoms with van der Waals surface area (Å²) in [5.74, 6) is 4.93. The van der Waals surface area contributed by atoms with Gasteiger partial charge < -0.3 is 4.74 Å². The molecule has 1 radical (unpaired) electrons. The quantitative estimate of drug-likeness (QED) is 0.490. The number of methoxy groups -OCH3 is 1. The topological polar surface area (TPSA) is 41.5 Å². The van der Waals surface area contributed by atoms with Crippen LogP contribution in [0.1, 0.15) is 39.0 Å². The molecule has 0 amide bonds. The van der Waals surface area contributed by atoms with Crippen LogP contribution in [-0.4, -0.2) is 12.8 Å². The molecule has 169 valence electrons. The monoisotopic (exact) mass is 438 g/mol. The summed E-state index contributed by atoms with van der Waals surface area (Å²) in [6.45, 7) is 2.21. The van der Waals surface area contributed by atoms with E-state index in [-0.39, 0.29) is 11.7 Å². The van der Waals surface area contributed by atoms with E-state index in [2.05, 4.69) is 25.1 Å². The molecule has 0 spiro atoms. The van der Waals surface area contributed by atoms with Gasteiger partial charge in [-0.25, -0.2) is 4.99 Å². The second-order valence-corrected chi connectivity index (χ2v) is 10.6. The Hall–Kier alpha value is -2.81. The van der Waals surface area contributed by atoms with Gasteiger partial charge in [0.15, 0.2) is 0 Å². The maximum absolute atomic E-state index is 13.3. The van der Waals surface area contributed by atoms with Gasteiger partial charge >= 0.3 is 0 Å². The van der Waals surface area contributed by atoms with Gasteiger partial charge in [-0.05, 0) is 86.8 Å². The van der Waals surface area contributed by atoms with Crippen molar-refractivity contribution >= 4 is 11.4 Å². The molecule has 0 aliphatic heterocycles. The van der Waals surface area contributed by atoms with Gasteiger partial charge in [0.05, 0.1) is 18.5 Å². The molecule has 3 heteroatoms. The average Bonchev–Trinajstić information content (AvgIpc) is 2.82. The zero-order valence-electron chi connectivity index (χ0n) is 19.5. The van der Waals surface area contributed by atoms with Crippen LogP contribution in [0.2, 0.25) is 0 Å². The van der Waals surface area contributed by atoms with Crippen molar-refractivity contribution < 1.29 is 9.84 Å². The van der Waals surface area contributed by atoms with E-state index in [0.717, 1.165) is 51.9 Å². The number of hydrogen-bond acceptors (Lipinski definition) is 2. The number of ether oxygens (including phenoxy) is 1. The van der Waals surface area contributed by atoms with Crippen molar-refractivity contribution in [1.82, 2.24) is 0 Å². The number of para-hydroxylation sites is 2. The predicted molar refractivity (Wildman–Crippen MR) is 132 cm³/mol. The molecule has 3 nitrogen and oxygen atoms in total. The number of aliphatic imine (C=N–C) groups is 1. The number of hydrogen-bond donors (Lipinski definition) is 0. The van der Waals surface area contributed by atoms with E-state index >= 15 is 0 Å². The first-order chi connectivity index (χ1) is 16.1. The molecule has 5 aliphatic rings. The van der Waals surface area contributed by atoms with E-state index in [1.54, 1.807) is 13.2 Å². The molecule has 0 N–H and O–H groups in total. The Balaban J connectivity index is 1.44. The van der Waals surface area contributed by atoms with E-state index < -0.39 is 0 Å². The van der Waals surface area contributed by atoms with E-state index in [9.17, 15) is 5.11 Å². The van der Waals surface area contributed by atoms with Gasteiger partial charge in [0.1, 0.15) is 5.75 Å². The van der Waals surface area contributed by atoms with Crippen molar-refractivity contribution in [3.8, 4) is 16.9 Å². The minimum absolute atomic E-state index is 0.0780. The Labute approximate surface area is 196 Å². The van der Waals surface area contributed by atoms with Crippen LogP contribution in [0.15, 0.2) is 77.0 Å². The molecule has 5 aliphatic carbocycles. The minimum atomic E-state index is 0.0780. The van der Waals surface area contributed by atoms with Gasteiger partial charge in [-0.3, -0.25) is 5.11 Å². The summed E-state index contributed by atoms with van der Waals surface area (Å²) in [7, 11) is 1.70. The van der Waals surface area contributed by atoms with Crippen LogP contribution < -0.4 is 4.74 Å². The highest BCUT2D eigenvalue weighted by Gasteiger charge is 2.52. The molecular weight excluding hydrogens is 406 g/mol. The molecule has 0 aromatic heterocycles. The number of benzene rings is 2. The van der Waals surface area contributed by atoms with Crippen LogP contribution in [0, 0.1) is 35.5 Å². The Morgan fingerprint density at radius 1 is 0.818 bits per heavy atom. The first kappa shape index (κ1) is 20.8. The molecule has 4 fully saturated rings. The maximum Gasteiger partial charge on any atom is 0.200 e. The molecule has 0 heterocycles. The highest BCUT2D eigenvalue weighted by Crippen LogP contribution is 2.60. The fourth-order valence-electron chi connectivity index (χ4n) is 7.68. The number of nitrogens with zero attached hydrogens (tertiary/aromatic N) is 1. The van der Waals surface area contributed by atoms with Crippen LogP contribution in [0.4, 0.5) is 5.69 Å². The van der Waals surface area contributed by atoms with Crippen molar-refractivity contribution in [1.29, 1.82) is 0 Å². The first-order valence-corrected chi connectivity index (χ1v) is 12.5. The summed E-state index contributed by atoms with van der Waals surface area (Å²) in [4.78, 5) is 5.15. The molecular formula is C30H32NO2. The van der Waals surface area contributed by atoms with E-state index in [1.807, 2.05) is 36.4 Å². The highest BCUT2D eigenvalue weighted by molar-refractivity contribution is 6.05. The normalized spacial score (nSPS) is 33.7. The molecule has 2 aromatic rings. The average molecular weight is 439 g/mol. The lowest BCUT2D eigenvalue weighted by Gasteiger charge is -2.56. The summed E-state index contributed by atoms with van der Waals surface area (Å²) < 4.78 is 5.63. The van der Waals surface area contributed by atoms with Crippen LogP contribution >= 0.6 is 0 Å². The molecule has 7 rings (SSSR count). The Morgan fingerprint density at radius 3 is 2.15 bits per heavy atom. The van der Waals surface area contributed by atoms with Crippen molar-refractivity contribution in [3.05, 3.63) is 72.0 Å². The molecule has 4 saturated carbocycles. The van der Waals surface area contributed by atoms with Gasteiger partial charge in [0.2, 0.25) is 5.76 Å². The Morgan fingerprint density at radius 2 is 1.45 bits per heavy atom. The molecule has 33 heavy (non-hydrogen) atoms. The summed E-state index contributed by atoms with van der Waals surface area (Å²) in [6, 6.07) is 16.2. The SMILES string of the molecule is COc1ccccc1-c1ccccc1N=C1C([O])=CC=C(C)C1C1C2CC3CC(C2)CC1C3. The van der Waals surface area contributed by atoms with Crippen molar-refractivity contribution in [2.24, 2.45) is 40.5 Å². The van der Waals surface area contributed by atoms with Gasteiger partial charge in [0.25, 0.3) is 0 Å². The molecule has 1 unspecified atom stereocenters. The lowest BCUT2D eigenvalue weighted by atomic mass is 9.48. The summed E-state index contributed by atoms with van der Waals surface area (Å²) in [6.07, 6.45) is 10.6. The maximum atomic E-state index is 13.3. The fourth-order valence-corrected chi connectivity index (χ4v) is 7.68. The van der Waals surface area contributed by atoms with Gasteiger partial charge in [-0.15, -0.1) is 0 Å². The van der Waals surface area contributed by atoms with Crippen LogP contribution in [0.5, 0.6) is 5.75 Å². The number of allylic oxidation sites excluding steroid dienone is 4. The van der Waals surface area contributed by atoms with Gasteiger partial charge in [-0.2, -0.15) is 0 Å². The fraction of sp³-hybridized carbons (Fsp3) is 0.433. The van der Waals surface area contributed by atoms with Crippen LogP contribution in [-0.2, 0) is 5.11 Å². The third-order valence-electron chi connectivity index (χ3n) is 8.76. The minimum Gasteiger partial charge on any atom is -0.496 e. The third kappa shape index (κ3) is 3.53. The second kappa shape index (κ2) is 8.20. The predicted octanol–water partition coefficient (Wildman–Crippen LogP) is 7.40. The molecule has 0 saturated heterocycles. The molecule has 2 aromatic carbocycles. The summed E-state index contributed by atoms with van der Waals surface area (Å²) in [5.41, 5.74) is 4.91.